The number of carbonyl (C=O) groups excluding carboxylic acids is 1. The lowest BCUT2D eigenvalue weighted by Crippen LogP contribution is -2.23. The monoisotopic (exact) mass is 396 g/mol. The molecule has 0 bridgehead atoms. The van der Waals surface area contributed by atoms with E-state index in [4.69, 9.17) is 0 Å². The smallest absolute Gasteiger partial charge is 0.237 e. The minimum Gasteiger partial charge on any atom is -0.325 e. The molecule has 1 fully saturated rings. The Labute approximate surface area is 167 Å². The summed E-state index contributed by atoms with van der Waals surface area (Å²) in [7, 11) is 0. The summed E-state index contributed by atoms with van der Waals surface area (Å²) in [5.41, 5.74) is 2.29. The highest BCUT2D eigenvalue weighted by molar-refractivity contribution is 8.00. The van der Waals surface area contributed by atoms with Crippen molar-refractivity contribution in [2.45, 2.75) is 43.1 Å². The molecule has 1 amide bonds. The van der Waals surface area contributed by atoms with Crippen molar-refractivity contribution in [2.75, 3.05) is 5.32 Å². The molecule has 7 heteroatoms. The van der Waals surface area contributed by atoms with Crippen LogP contribution in [0.1, 0.15) is 31.4 Å². The molecule has 1 aromatic heterocycles. The highest BCUT2D eigenvalue weighted by Gasteiger charge is 2.32. The number of aromatic nitrogens is 3. The normalized spacial score (nSPS) is 14.7. The molecular formula is C21H21FN4OS. The zero-order valence-electron chi connectivity index (χ0n) is 15.7. The van der Waals surface area contributed by atoms with Gasteiger partial charge >= 0.3 is 0 Å². The first-order chi connectivity index (χ1) is 13.5. The summed E-state index contributed by atoms with van der Waals surface area (Å²) >= 11 is 1.35. The molecule has 0 spiro atoms. The van der Waals surface area contributed by atoms with Crippen molar-refractivity contribution in [1.82, 2.24) is 14.8 Å². The fourth-order valence-corrected chi connectivity index (χ4v) is 3.94. The third-order valence-electron chi connectivity index (χ3n) is 4.63. The number of nitrogens with one attached hydrogen (secondary N) is 1. The van der Waals surface area contributed by atoms with Crippen molar-refractivity contribution in [1.29, 1.82) is 0 Å². The van der Waals surface area contributed by atoms with E-state index in [0.29, 0.717) is 16.5 Å². The molecule has 0 radical (unpaired) electrons. The van der Waals surface area contributed by atoms with Gasteiger partial charge in [-0.05, 0) is 56.5 Å². The number of halogens is 1. The van der Waals surface area contributed by atoms with E-state index in [1.807, 2.05) is 42.7 Å². The molecule has 1 heterocycles. The summed E-state index contributed by atoms with van der Waals surface area (Å²) in [6.07, 6.45) is 2.02. The Morgan fingerprint density at radius 3 is 2.71 bits per heavy atom. The minimum absolute atomic E-state index is 0.103. The summed E-state index contributed by atoms with van der Waals surface area (Å²) in [6, 6.07) is 14.5. The van der Waals surface area contributed by atoms with Gasteiger partial charge in [-0.15, -0.1) is 10.2 Å². The maximum absolute atomic E-state index is 14.3. The van der Waals surface area contributed by atoms with E-state index in [0.717, 1.165) is 24.1 Å². The average molecular weight is 396 g/mol. The van der Waals surface area contributed by atoms with E-state index in [1.165, 1.54) is 17.8 Å². The maximum Gasteiger partial charge on any atom is 0.237 e. The van der Waals surface area contributed by atoms with Crippen LogP contribution in [0.3, 0.4) is 0 Å². The van der Waals surface area contributed by atoms with Gasteiger partial charge in [-0.2, -0.15) is 0 Å². The van der Waals surface area contributed by atoms with E-state index in [1.54, 1.807) is 18.2 Å². The quantitative estimate of drug-likeness (QED) is 0.605. The first-order valence-electron chi connectivity index (χ1n) is 9.27. The van der Waals surface area contributed by atoms with Gasteiger partial charge in [0, 0.05) is 11.7 Å². The number of nitrogens with zero attached hydrogens (tertiary/aromatic N) is 3. The third-order valence-corrected chi connectivity index (χ3v) is 5.69. The summed E-state index contributed by atoms with van der Waals surface area (Å²) in [4.78, 5) is 12.6. The molecule has 144 valence electrons. The number of thioether (sulfide) groups is 1. The second-order valence-electron chi connectivity index (χ2n) is 7.01. The van der Waals surface area contributed by atoms with Gasteiger partial charge in [-0.25, -0.2) is 4.39 Å². The lowest BCUT2D eigenvalue weighted by molar-refractivity contribution is -0.115. The van der Waals surface area contributed by atoms with Gasteiger partial charge < -0.3 is 5.32 Å². The third kappa shape index (κ3) is 3.94. The summed E-state index contributed by atoms with van der Waals surface area (Å²) in [5.74, 6) is 0.0985. The highest BCUT2D eigenvalue weighted by atomic mass is 32.2. The molecule has 1 saturated carbocycles. The van der Waals surface area contributed by atoms with Crippen LogP contribution in [0.25, 0.3) is 11.4 Å². The maximum atomic E-state index is 14.3. The summed E-state index contributed by atoms with van der Waals surface area (Å²) < 4.78 is 16.2. The molecule has 4 rings (SSSR count). The molecule has 0 aliphatic heterocycles. The molecule has 5 nitrogen and oxygen atoms in total. The SMILES string of the molecule is Cc1cccc(NC(=O)C(C)Sc2nnc(-c3ccccc3F)n2C2CC2)c1. The Hall–Kier alpha value is -2.67. The van der Waals surface area contributed by atoms with Crippen molar-refractivity contribution < 1.29 is 9.18 Å². The Morgan fingerprint density at radius 1 is 1.21 bits per heavy atom. The van der Waals surface area contributed by atoms with Crippen LogP contribution in [0, 0.1) is 12.7 Å². The van der Waals surface area contributed by atoms with Crippen LogP contribution in [0.5, 0.6) is 0 Å². The molecule has 1 atom stereocenters. The van der Waals surface area contributed by atoms with Gasteiger partial charge in [0.1, 0.15) is 5.82 Å². The van der Waals surface area contributed by atoms with Gasteiger partial charge in [0.15, 0.2) is 11.0 Å². The molecule has 1 unspecified atom stereocenters. The van der Waals surface area contributed by atoms with Gasteiger partial charge in [0.25, 0.3) is 0 Å². The van der Waals surface area contributed by atoms with Gasteiger partial charge in [-0.1, -0.05) is 36.0 Å². The average Bonchev–Trinajstić information content (AvgIpc) is 3.43. The first kappa shape index (κ1) is 18.7. The number of hydrogen-bond acceptors (Lipinski definition) is 4. The second kappa shape index (κ2) is 7.75. The minimum atomic E-state index is -0.365. The predicted octanol–water partition coefficient (Wildman–Crippen LogP) is 4.85. The van der Waals surface area contributed by atoms with Gasteiger partial charge in [0.2, 0.25) is 5.91 Å². The first-order valence-corrected chi connectivity index (χ1v) is 10.1. The van der Waals surface area contributed by atoms with E-state index >= 15 is 0 Å². The molecule has 1 aliphatic rings. The van der Waals surface area contributed by atoms with Gasteiger partial charge in [-0.3, -0.25) is 9.36 Å². The number of aryl methyl sites for hydroxylation is 1. The Morgan fingerprint density at radius 2 is 2.00 bits per heavy atom. The summed E-state index contributed by atoms with van der Waals surface area (Å²) in [5, 5.41) is 11.7. The zero-order chi connectivity index (χ0) is 19.7. The van der Waals surface area contributed by atoms with E-state index in [9.17, 15) is 9.18 Å². The zero-order valence-corrected chi connectivity index (χ0v) is 16.5. The van der Waals surface area contributed by atoms with Gasteiger partial charge in [0.05, 0.1) is 10.8 Å². The largest absolute Gasteiger partial charge is 0.325 e. The van der Waals surface area contributed by atoms with Crippen LogP contribution < -0.4 is 5.32 Å². The van der Waals surface area contributed by atoms with Crippen molar-refractivity contribution >= 4 is 23.4 Å². The highest BCUT2D eigenvalue weighted by Crippen LogP contribution is 2.42. The van der Waals surface area contributed by atoms with Crippen LogP contribution in [-0.4, -0.2) is 25.9 Å². The molecule has 1 aliphatic carbocycles. The number of amides is 1. The summed E-state index contributed by atoms with van der Waals surface area (Å²) in [6.45, 7) is 3.82. The van der Waals surface area contributed by atoms with E-state index in [-0.39, 0.29) is 23.0 Å². The van der Waals surface area contributed by atoms with E-state index < -0.39 is 0 Å². The Bertz CT molecular complexity index is 1020. The Kier molecular flexibility index (Phi) is 5.17. The number of benzene rings is 2. The standard InChI is InChI=1S/C21H21FN4OS/c1-13-6-5-7-15(12-13)23-20(27)14(2)28-21-25-24-19(26(21)16-10-11-16)17-8-3-4-9-18(17)22/h3-9,12,14,16H,10-11H2,1-2H3,(H,23,27). The predicted molar refractivity (Wildman–Crippen MR) is 109 cm³/mol. The molecule has 0 saturated heterocycles. The van der Waals surface area contributed by atoms with Crippen molar-refractivity contribution in [3.8, 4) is 11.4 Å². The fourth-order valence-electron chi connectivity index (χ4n) is 3.02. The lowest BCUT2D eigenvalue weighted by Gasteiger charge is -2.14. The van der Waals surface area contributed by atoms with Crippen LogP contribution in [0.2, 0.25) is 0 Å². The second-order valence-corrected chi connectivity index (χ2v) is 8.31. The van der Waals surface area contributed by atoms with Crippen LogP contribution in [0.4, 0.5) is 10.1 Å². The van der Waals surface area contributed by atoms with Crippen LogP contribution in [-0.2, 0) is 4.79 Å². The van der Waals surface area contributed by atoms with Crippen LogP contribution in [0.15, 0.2) is 53.7 Å². The van der Waals surface area contributed by atoms with Crippen molar-refractivity contribution in [2.24, 2.45) is 0 Å². The molecule has 3 aromatic rings. The topological polar surface area (TPSA) is 59.8 Å². The Balaban J connectivity index is 1.55. The number of anilines is 1. The number of hydrogen-bond donors (Lipinski definition) is 1. The van der Waals surface area contributed by atoms with Crippen LogP contribution >= 0.6 is 11.8 Å². The van der Waals surface area contributed by atoms with Crippen molar-refractivity contribution in [3.05, 3.63) is 59.9 Å². The molecular weight excluding hydrogens is 375 g/mol. The molecule has 1 N–H and O–H groups in total. The number of rotatable bonds is 6. The van der Waals surface area contributed by atoms with E-state index in [2.05, 4.69) is 15.5 Å². The molecule has 28 heavy (non-hydrogen) atoms. The lowest BCUT2D eigenvalue weighted by atomic mass is 10.2. The number of carbonyl (C=O) groups is 1. The van der Waals surface area contributed by atoms with Crippen molar-refractivity contribution in [3.63, 3.8) is 0 Å². The molecule has 2 aromatic carbocycles. The fraction of sp³-hybridized carbons (Fsp3) is 0.286.